The molecule has 0 heterocycles. The Morgan fingerprint density at radius 3 is 2.10 bits per heavy atom. The van der Waals surface area contributed by atoms with Crippen LogP contribution in [-0.4, -0.2) is 30.5 Å². The van der Waals surface area contributed by atoms with E-state index in [2.05, 4.69) is 5.32 Å². The van der Waals surface area contributed by atoms with Crippen molar-refractivity contribution < 1.29 is 18.3 Å². The lowest BCUT2D eigenvalue weighted by atomic mass is 10.3. The highest BCUT2D eigenvalue weighted by Crippen LogP contribution is 2.19. The first kappa shape index (κ1) is 9.71. The fourth-order valence-corrected chi connectivity index (χ4v) is 0.530. The van der Waals surface area contributed by atoms with Gasteiger partial charge in [-0.25, -0.2) is 0 Å². The summed E-state index contributed by atoms with van der Waals surface area (Å²) in [5, 5.41) is 10.3. The van der Waals surface area contributed by atoms with Crippen molar-refractivity contribution in [2.24, 2.45) is 0 Å². The van der Waals surface area contributed by atoms with Gasteiger partial charge in [0, 0.05) is 0 Å². The number of likely N-dealkylation sites (N-methyl/N-ethyl adjacent to an activating group) is 1. The van der Waals surface area contributed by atoms with Crippen LogP contribution in [0, 0.1) is 0 Å². The highest BCUT2D eigenvalue weighted by atomic mass is 19.4. The van der Waals surface area contributed by atoms with Gasteiger partial charge in [0.1, 0.15) is 6.04 Å². The molecule has 1 unspecified atom stereocenters. The number of aliphatic hydroxyl groups excluding tert-OH is 1. The molecular weight excluding hydrogens is 147 g/mol. The SMILES string of the molecule is CCNC(CO)C(F)(F)F. The average Bonchev–Trinajstić information content (AvgIpc) is 1.80. The van der Waals surface area contributed by atoms with Crippen LogP contribution in [0.25, 0.3) is 0 Å². The van der Waals surface area contributed by atoms with E-state index >= 15 is 0 Å². The van der Waals surface area contributed by atoms with Gasteiger partial charge in [-0.05, 0) is 6.54 Å². The monoisotopic (exact) mass is 157 g/mol. The van der Waals surface area contributed by atoms with E-state index in [4.69, 9.17) is 5.11 Å². The van der Waals surface area contributed by atoms with Gasteiger partial charge >= 0.3 is 6.18 Å². The van der Waals surface area contributed by atoms with E-state index in [-0.39, 0.29) is 6.54 Å². The third-order valence-electron chi connectivity index (χ3n) is 1.03. The third kappa shape index (κ3) is 3.03. The van der Waals surface area contributed by atoms with Gasteiger partial charge < -0.3 is 10.4 Å². The zero-order valence-corrected chi connectivity index (χ0v) is 5.57. The molecule has 62 valence electrons. The van der Waals surface area contributed by atoms with E-state index in [1.165, 1.54) is 0 Å². The molecule has 0 radical (unpaired) electrons. The molecule has 0 spiro atoms. The molecule has 0 fully saturated rings. The van der Waals surface area contributed by atoms with Crippen LogP contribution in [0.3, 0.4) is 0 Å². The third-order valence-corrected chi connectivity index (χ3v) is 1.03. The molecule has 0 aromatic carbocycles. The van der Waals surface area contributed by atoms with Gasteiger partial charge in [-0.15, -0.1) is 0 Å². The van der Waals surface area contributed by atoms with E-state index in [1.807, 2.05) is 0 Å². The minimum absolute atomic E-state index is 0.199. The van der Waals surface area contributed by atoms with Gasteiger partial charge in [-0.1, -0.05) is 6.92 Å². The van der Waals surface area contributed by atoms with E-state index in [0.29, 0.717) is 0 Å². The number of alkyl halides is 3. The molecule has 0 amide bonds. The van der Waals surface area contributed by atoms with Crippen molar-refractivity contribution >= 4 is 0 Å². The maximum absolute atomic E-state index is 11.7. The molecule has 0 aliphatic carbocycles. The lowest BCUT2D eigenvalue weighted by Crippen LogP contribution is -2.44. The van der Waals surface area contributed by atoms with Crippen molar-refractivity contribution in [3.63, 3.8) is 0 Å². The summed E-state index contributed by atoms with van der Waals surface area (Å²) in [5.41, 5.74) is 0. The van der Waals surface area contributed by atoms with E-state index < -0.39 is 18.8 Å². The van der Waals surface area contributed by atoms with E-state index in [0.717, 1.165) is 0 Å². The lowest BCUT2D eigenvalue weighted by molar-refractivity contribution is -0.163. The Bertz CT molecular complexity index is 93.4. The average molecular weight is 157 g/mol. The topological polar surface area (TPSA) is 32.3 Å². The second-order valence-corrected chi connectivity index (χ2v) is 1.83. The standard InChI is InChI=1S/C5H10F3NO/c1-2-9-4(3-10)5(6,7)8/h4,9-10H,2-3H2,1H3. The molecule has 0 saturated carbocycles. The number of aliphatic hydroxyl groups is 1. The zero-order valence-electron chi connectivity index (χ0n) is 5.57. The molecule has 0 aromatic rings. The predicted molar refractivity (Wildman–Crippen MR) is 30.6 cm³/mol. The Morgan fingerprint density at radius 2 is 2.00 bits per heavy atom. The summed E-state index contributed by atoms with van der Waals surface area (Å²) in [7, 11) is 0. The lowest BCUT2D eigenvalue weighted by Gasteiger charge is -2.17. The summed E-state index contributed by atoms with van der Waals surface area (Å²) in [6.45, 7) is 0.844. The molecule has 10 heavy (non-hydrogen) atoms. The highest BCUT2D eigenvalue weighted by molar-refractivity contribution is 4.72. The summed E-state index contributed by atoms with van der Waals surface area (Å²) in [6, 6.07) is -1.78. The first-order valence-electron chi connectivity index (χ1n) is 2.93. The first-order valence-corrected chi connectivity index (χ1v) is 2.93. The number of nitrogens with one attached hydrogen (secondary N) is 1. The van der Waals surface area contributed by atoms with Gasteiger partial charge in [0.15, 0.2) is 0 Å². The highest BCUT2D eigenvalue weighted by Gasteiger charge is 2.38. The molecule has 1 atom stereocenters. The summed E-state index contributed by atoms with van der Waals surface area (Å²) >= 11 is 0. The van der Waals surface area contributed by atoms with Crippen molar-refractivity contribution in [3.8, 4) is 0 Å². The van der Waals surface area contributed by atoms with Crippen molar-refractivity contribution in [3.05, 3.63) is 0 Å². The molecule has 2 N–H and O–H groups in total. The number of hydrogen-bond donors (Lipinski definition) is 2. The molecule has 0 aromatic heterocycles. The first-order chi connectivity index (χ1) is 4.52. The van der Waals surface area contributed by atoms with Crippen molar-refractivity contribution in [1.29, 1.82) is 0 Å². The summed E-state index contributed by atoms with van der Waals surface area (Å²) in [6.07, 6.45) is -4.34. The van der Waals surface area contributed by atoms with E-state index in [1.54, 1.807) is 6.92 Å². The van der Waals surface area contributed by atoms with Crippen LogP contribution in [0.4, 0.5) is 13.2 Å². The van der Waals surface area contributed by atoms with Gasteiger partial charge in [-0.2, -0.15) is 13.2 Å². The summed E-state index contributed by atoms with van der Waals surface area (Å²) in [4.78, 5) is 0. The molecular formula is C5H10F3NO. The van der Waals surface area contributed by atoms with E-state index in [9.17, 15) is 13.2 Å². The number of halogens is 3. The molecule has 0 aliphatic rings. The van der Waals surface area contributed by atoms with Crippen LogP contribution in [0.15, 0.2) is 0 Å². The minimum Gasteiger partial charge on any atom is -0.394 e. The van der Waals surface area contributed by atoms with Crippen LogP contribution in [0.2, 0.25) is 0 Å². The smallest absolute Gasteiger partial charge is 0.394 e. The largest absolute Gasteiger partial charge is 0.406 e. The Kier molecular flexibility index (Phi) is 3.67. The Balaban J connectivity index is 3.81. The summed E-state index contributed by atoms with van der Waals surface area (Å²) in [5.74, 6) is 0. The molecule has 5 heteroatoms. The maximum Gasteiger partial charge on any atom is 0.406 e. The Morgan fingerprint density at radius 1 is 1.50 bits per heavy atom. The van der Waals surface area contributed by atoms with Crippen LogP contribution >= 0.6 is 0 Å². The van der Waals surface area contributed by atoms with Crippen molar-refractivity contribution in [2.75, 3.05) is 13.2 Å². The molecule has 2 nitrogen and oxygen atoms in total. The fourth-order valence-electron chi connectivity index (χ4n) is 0.530. The minimum atomic E-state index is -4.34. The van der Waals surface area contributed by atoms with Crippen molar-refractivity contribution in [2.45, 2.75) is 19.1 Å². The van der Waals surface area contributed by atoms with Crippen LogP contribution in [0.1, 0.15) is 6.92 Å². The predicted octanol–water partition coefficient (Wildman–Crippen LogP) is 0.519. The molecule has 0 bridgehead atoms. The van der Waals surface area contributed by atoms with Crippen molar-refractivity contribution in [1.82, 2.24) is 5.32 Å². The second-order valence-electron chi connectivity index (χ2n) is 1.83. The maximum atomic E-state index is 11.7. The zero-order chi connectivity index (χ0) is 8.20. The Labute approximate surface area is 57.0 Å². The van der Waals surface area contributed by atoms with Crippen LogP contribution < -0.4 is 5.32 Å². The van der Waals surface area contributed by atoms with Gasteiger partial charge in [-0.3, -0.25) is 0 Å². The second kappa shape index (κ2) is 3.78. The fraction of sp³-hybridized carbons (Fsp3) is 1.00. The van der Waals surface area contributed by atoms with Gasteiger partial charge in [0.2, 0.25) is 0 Å². The van der Waals surface area contributed by atoms with Gasteiger partial charge in [0.05, 0.1) is 6.61 Å². The normalized spacial score (nSPS) is 15.3. The summed E-state index contributed by atoms with van der Waals surface area (Å²) < 4.78 is 35.1. The number of rotatable bonds is 3. The Hall–Kier alpha value is -0.290. The van der Waals surface area contributed by atoms with Crippen LogP contribution in [-0.2, 0) is 0 Å². The van der Waals surface area contributed by atoms with Gasteiger partial charge in [0.25, 0.3) is 0 Å². The molecule has 0 aliphatic heterocycles. The number of hydrogen-bond acceptors (Lipinski definition) is 2. The molecule has 0 saturated heterocycles. The molecule has 0 rings (SSSR count). The quantitative estimate of drug-likeness (QED) is 0.626. The van der Waals surface area contributed by atoms with Crippen LogP contribution in [0.5, 0.6) is 0 Å².